The van der Waals surface area contributed by atoms with E-state index in [1.807, 2.05) is 30.3 Å². The summed E-state index contributed by atoms with van der Waals surface area (Å²) in [4.78, 5) is 4.38. The van der Waals surface area contributed by atoms with E-state index >= 15 is 0 Å². The van der Waals surface area contributed by atoms with Gasteiger partial charge in [-0.2, -0.15) is 0 Å². The molecule has 1 N–H and O–H groups in total. The monoisotopic (exact) mass is 229 g/mol. The Hall–Kier alpha value is -1.45. The maximum Gasteiger partial charge on any atom is 0.0961 e. The number of pyridine rings is 1. The number of benzene rings is 1. The fraction of sp³-hybridized carbons (Fsp3) is 0.357. The van der Waals surface area contributed by atoms with Gasteiger partial charge in [-0.15, -0.1) is 0 Å². The first-order valence-corrected chi connectivity index (χ1v) is 5.82. The molecule has 0 aliphatic heterocycles. The van der Waals surface area contributed by atoms with Gasteiger partial charge in [0.2, 0.25) is 0 Å². The van der Waals surface area contributed by atoms with Gasteiger partial charge in [0.1, 0.15) is 0 Å². The number of aliphatic hydroxyl groups is 1. The van der Waals surface area contributed by atoms with Gasteiger partial charge in [0.15, 0.2) is 0 Å². The Bertz CT molecular complexity index is 547. The third-order valence-electron chi connectivity index (χ3n) is 3.59. The molecule has 0 saturated heterocycles. The molecule has 0 atom stereocenters. The Morgan fingerprint density at radius 1 is 1.35 bits per heavy atom. The highest BCUT2D eigenvalue weighted by atomic mass is 16.5. The summed E-state index contributed by atoms with van der Waals surface area (Å²) in [6, 6.07) is 9.96. The second-order valence-electron chi connectivity index (χ2n) is 4.71. The van der Waals surface area contributed by atoms with Crippen LogP contribution in [0.5, 0.6) is 0 Å². The van der Waals surface area contributed by atoms with Crippen LogP contribution in [0.25, 0.3) is 10.9 Å². The largest absolute Gasteiger partial charge is 0.385 e. The summed E-state index contributed by atoms with van der Waals surface area (Å²) in [5.41, 5.74) is 1.10. The average molecular weight is 229 g/mol. The SMILES string of the molecule is COC1CC(O)(c2cnc3ccccc3c2)C1. The smallest absolute Gasteiger partial charge is 0.0961 e. The fourth-order valence-corrected chi connectivity index (χ4v) is 2.42. The summed E-state index contributed by atoms with van der Waals surface area (Å²) in [6.07, 6.45) is 3.26. The van der Waals surface area contributed by atoms with E-state index in [0.717, 1.165) is 16.5 Å². The second-order valence-corrected chi connectivity index (χ2v) is 4.71. The van der Waals surface area contributed by atoms with Gasteiger partial charge < -0.3 is 9.84 Å². The summed E-state index contributed by atoms with van der Waals surface area (Å²) in [5, 5.41) is 11.5. The third-order valence-corrected chi connectivity index (χ3v) is 3.59. The van der Waals surface area contributed by atoms with Crippen molar-refractivity contribution in [3.63, 3.8) is 0 Å². The van der Waals surface area contributed by atoms with Gasteiger partial charge in [0.25, 0.3) is 0 Å². The van der Waals surface area contributed by atoms with Crippen LogP contribution in [0.15, 0.2) is 36.5 Å². The third kappa shape index (κ3) is 1.72. The molecule has 88 valence electrons. The quantitative estimate of drug-likeness (QED) is 0.858. The van der Waals surface area contributed by atoms with Crippen LogP contribution in [0.1, 0.15) is 18.4 Å². The van der Waals surface area contributed by atoms with Crippen molar-refractivity contribution in [2.24, 2.45) is 0 Å². The number of para-hydroxylation sites is 1. The summed E-state index contributed by atoms with van der Waals surface area (Å²) >= 11 is 0. The normalized spacial score (nSPS) is 28.0. The molecule has 17 heavy (non-hydrogen) atoms. The van der Waals surface area contributed by atoms with E-state index in [1.54, 1.807) is 13.3 Å². The summed E-state index contributed by atoms with van der Waals surface area (Å²) in [7, 11) is 1.68. The molecule has 1 aromatic carbocycles. The molecule has 3 rings (SSSR count). The van der Waals surface area contributed by atoms with Crippen molar-refractivity contribution < 1.29 is 9.84 Å². The maximum absolute atomic E-state index is 10.4. The highest BCUT2D eigenvalue weighted by Crippen LogP contribution is 2.42. The molecule has 1 aliphatic carbocycles. The van der Waals surface area contributed by atoms with Crippen molar-refractivity contribution in [1.82, 2.24) is 4.98 Å². The van der Waals surface area contributed by atoms with Gasteiger partial charge in [-0.05, 0) is 12.1 Å². The van der Waals surface area contributed by atoms with Crippen LogP contribution in [0, 0.1) is 0 Å². The standard InChI is InChI=1S/C14H15NO2/c1-17-12-7-14(16,8-12)11-6-10-4-2-3-5-13(10)15-9-11/h2-6,9,12,16H,7-8H2,1H3. The first kappa shape index (κ1) is 10.7. The molecular formula is C14H15NO2. The van der Waals surface area contributed by atoms with Gasteiger partial charge in [-0.3, -0.25) is 4.98 Å². The van der Waals surface area contributed by atoms with Crippen molar-refractivity contribution in [3.05, 3.63) is 42.1 Å². The summed E-state index contributed by atoms with van der Waals surface area (Å²) < 4.78 is 5.21. The van der Waals surface area contributed by atoms with E-state index in [1.165, 1.54) is 0 Å². The number of fused-ring (bicyclic) bond motifs is 1. The van der Waals surface area contributed by atoms with Crippen molar-refractivity contribution in [1.29, 1.82) is 0 Å². The van der Waals surface area contributed by atoms with Crippen LogP contribution < -0.4 is 0 Å². The zero-order chi connectivity index (χ0) is 11.9. The number of nitrogens with zero attached hydrogens (tertiary/aromatic N) is 1. The Kier molecular flexibility index (Phi) is 2.38. The van der Waals surface area contributed by atoms with E-state index < -0.39 is 5.60 Å². The number of rotatable bonds is 2. The lowest BCUT2D eigenvalue weighted by Crippen LogP contribution is -2.45. The molecule has 1 fully saturated rings. The average Bonchev–Trinajstić information content (AvgIpc) is 2.34. The highest BCUT2D eigenvalue weighted by molar-refractivity contribution is 5.79. The molecule has 0 unspecified atom stereocenters. The molecule has 1 aromatic heterocycles. The van der Waals surface area contributed by atoms with Crippen molar-refractivity contribution in [2.75, 3.05) is 7.11 Å². The van der Waals surface area contributed by atoms with Crippen molar-refractivity contribution in [3.8, 4) is 0 Å². The molecule has 3 heteroatoms. The minimum absolute atomic E-state index is 0.173. The first-order valence-electron chi connectivity index (χ1n) is 5.82. The lowest BCUT2D eigenvalue weighted by molar-refractivity contribution is -0.133. The first-order chi connectivity index (χ1) is 8.21. The van der Waals surface area contributed by atoms with Crippen molar-refractivity contribution >= 4 is 10.9 Å². The zero-order valence-corrected chi connectivity index (χ0v) is 9.76. The van der Waals surface area contributed by atoms with Gasteiger partial charge >= 0.3 is 0 Å². The van der Waals surface area contributed by atoms with Crippen LogP contribution >= 0.6 is 0 Å². The minimum Gasteiger partial charge on any atom is -0.385 e. The van der Waals surface area contributed by atoms with Crippen LogP contribution in [0.3, 0.4) is 0 Å². The van der Waals surface area contributed by atoms with E-state index in [2.05, 4.69) is 4.98 Å². The van der Waals surface area contributed by atoms with Gasteiger partial charge in [-0.1, -0.05) is 18.2 Å². The number of aromatic nitrogens is 1. The highest BCUT2D eigenvalue weighted by Gasteiger charge is 2.44. The Labute approximate surface area is 100 Å². The Balaban J connectivity index is 1.96. The topological polar surface area (TPSA) is 42.4 Å². The minimum atomic E-state index is -0.752. The van der Waals surface area contributed by atoms with E-state index in [-0.39, 0.29) is 6.10 Å². The zero-order valence-electron chi connectivity index (χ0n) is 9.76. The van der Waals surface area contributed by atoms with Crippen LogP contribution in [0.4, 0.5) is 0 Å². The lowest BCUT2D eigenvalue weighted by atomic mass is 9.73. The number of hydrogen-bond donors (Lipinski definition) is 1. The number of methoxy groups -OCH3 is 1. The van der Waals surface area contributed by atoms with E-state index in [4.69, 9.17) is 4.74 Å². The molecule has 3 nitrogen and oxygen atoms in total. The number of hydrogen-bond acceptors (Lipinski definition) is 3. The Morgan fingerprint density at radius 3 is 2.88 bits per heavy atom. The lowest BCUT2D eigenvalue weighted by Gasteiger charge is -2.42. The molecule has 0 bridgehead atoms. The fourth-order valence-electron chi connectivity index (χ4n) is 2.42. The van der Waals surface area contributed by atoms with Crippen LogP contribution in [-0.4, -0.2) is 23.3 Å². The molecule has 1 heterocycles. The molecule has 1 saturated carbocycles. The molecule has 2 aromatic rings. The number of ether oxygens (including phenoxy) is 1. The van der Waals surface area contributed by atoms with Crippen LogP contribution in [-0.2, 0) is 10.3 Å². The summed E-state index contributed by atoms with van der Waals surface area (Å²) in [5.74, 6) is 0. The second kappa shape index (κ2) is 3.79. The van der Waals surface area contributed by atoms with Crippen LogP contribution in [0.2, 0.25) is 0 Å². The predicted molar refractivity (Wildman–Crippen MR) is 65.7 cm³/mol. The van der Waals surface area contributed by atoms with Gasteiger partial charge in [0, 0.05) is 37.1 Å². The molecule has 0 spiro atoms. The molecule has 0 amide bonds. The molecule has 1 aliphatic rings. The molecular weight excluding hydrogens is 214 g/mol. The van der Waals surface area contributed by atoms with Gasteiger partial charge in [-0.25, -0.2) is 0 Å². The maximum atomic E-state index is 10.4. The van der Waals surface area contributed by atoms with Gasteiger partial charge in [0.05, 0.1) is 17.2 Å². The predicted octanol–water partition coefficient (Wildman–Crippen LogP) is 2.23. The Morgan fingerprint density at radius 2 is 2.12 bits per heavy atom. The molecule has 0 radical (unpaired) electrons. The van der Waals surface area contributed by atoms with E-state index in [9.17, 15) is 5.11 Å². The van der Waals surface area contributed by atoms with Crippen molar-refractivity contribution in [2.45, 2.75) is 24.5 Å². The van der Waals surface area contributed by atoms with E-state index in [0.29, 0.717) is 12.8 Å². The summed E-state index contributed by atoms with van der Waals surface area (Å²) in [6.45, 7) is 0.